The zero-order valence-electron chi connectivity index (χ0n) is 13.9. The molecule has 1 aliphatic carbocycles. The molecule has 1 heterocycles. The second-order valence-electron chi connectivity index (χ2n) is 6.61. The third kappa shape index (κ3) is 3.26. The number of anilines is 1. The summed E-state index contributed by atoms with van der Waals surface area (Å²) in [4.78, 5) is 0. The topological polar surface area (TPSA) is 74.8 Å². The molecule has 0 aliphatic heterocycles. The number of aromatic amines is 1. The molecule has 2 N–H and O–H groups in total. The summed E-state index contributed by atoms with van der Waals surface area (Å²) in [5, 5.41) is 8.03. The number of aromatic nitrogens is 2. The van der Waals surface area contributed by atoms with Crippen molar-refractivity contribution in [2.45, 2.75) is 37.4 Å². The average molecular weight is 355 g/mol. The fourth-order valence-electron chi connectivity index (χ4n) is 3.52. The molecule has 4 rings (SSSR count). The molecule has 0 radical (unpaired) electrons. The van der Waals surface area contributed by atoms with E-state index in [1.807, 2.05) is 42.5 Å². The maximum Gasteiger partial charge on any atom is 0.235 e. The first-order valence-corrected chi connectivity index (χ1v) is 10.2. The zero-order chi connectivity index (χ0) is 17.3. The smallest absolute Gasteiger partial charge is 0.235 e. The van der Waals surface area contributed by atoms with Crippen LogP contribution in [0.4, 0.5) is 5.69 Å². The van der Waals surface area contributed by atoms with Crippen LogP contribution < -0.4 is 4.72 Å². The number of nitrogens with one attached hydrogen (secondary N) is 2. The van der Waals surface area contributed by atoms with Crippen molar-refractivity contribution in [2.24, 2.45) is 0 Å². The standard InChI is InChI=1S/C19H21N3O2S/c23-25(24,16-9-5-2-6-10-16)22-15-11-12-18-17(13-15)19(21-20-18)14-7-3-1-4-8-14/h1,3-4,7-8,11-13,16,22H,2,5-6,9-10H2,(H,20,21). The van der Waals surface area contributed by atoms with Crippen LogP contribution in [-0.2, 0) is 10.0 Å². The lowest BCUT2D eigenvalue weighted by molar-refractivity contribution is 0.486. The van der Waals surface area contributed by atoms with Crippen LogP contribution in [0.1, 0.15) is 32.1 Å². The number of hydrogen-bond acceptors (Lipinski definition) is 3. The van der Waals surface area contributed by atoms with Crippen molar-refractivity contribution in [1.82, 2.24) is 10.2 Å². The first kappa shape index (κ1) is 16.1. The Bertz CT molecular complexity index is 974. The maximum absolute atomic E-state index is 12.6. The Hall–Kier alpha value is -2.34. The van der Waals surface area contributed by atoms with Crippen LogP contribution in [0.2, 0.25) is 0 Å². The molecule has 1 fully saturated rings. The Morgan fingerprint density at radius 3 is 2.52 bits per heavy atom. The third-order valence-electron chi connectivity index (χ3n) is 4.86. The number of nitrogens with zero attached hydrogens (tertiary/aromatic N) is 1. The number of hydrogen-bond donors (Lipinski definition) is 2. The van der Waals surface area contributed by atoms with Crippen molar-refractivity contribution in [1.29, 1.82) is 0 Å². The third-order valence-corrected chi connectivity index (χ3v) is 6.73. The van der Waals surface area contributed by atoms with Crippen molar-refractivity contribution < 1.29 is 8.42 Å². The Kier molecular flexibility index (Phi) is 4.21. The van der Waals surface area contributed by atoms with Crippen LogP contribution in [0.5, 0.6) is 0 Å². The molecule has 25 heavy (non-hydrogen) atoms. The van der Waals surface area contributed by atoms with Gasteiger partial charge >= 0.3 is 0 Å². The number of H-pyrrole nitrogens is 1. The van der Waals surface area contributed by atoms with Gasteiger partial charge in [0.2, 0.25) is 10.0 Å². The minimum Gasteiger partial charge on any atom is -0.283 e. The predicted molar refractivity (Wildman–Crippen MR) is 101 cm³/mol. The molecule has 3 aromatic rings. The van der Waals surface area contributed by atoms with Gasteiger partial charge in [-0.3, -0.25) is 9.82 Å². The molecule has 2 aromatic carbocycles. The Morgan fingerprint density at radius 2 is 1.76 bits per heavy atom. The monoisotopic (exact) mass is 355 g/mol. The second kappa shape index (κ2) is 6.52. The lowest BCUT2D eigenvalue weighted by Crippen LogP contribution is -2.29. The van der Waals surface area contributed by atoms with E-state index in [1.165, 1.54) is 0 Å². The van der Waals surface area contributed by atoms with Crippen molar-refractivity contribution >= 4 is 26.6 Å². The van der Waals surface area contributed by atoms with E-state index >= 15 is 0 Å². The summed E-state index contributed by atoms with van der Waals surface area (Å²) >= 11 is 0. The van der Waals surface area contributed by atoms with Crippen molar-refractivity contribution in [3.05, 3.63) is 48.5 Å². The molecule has 1 aromatic heterocycles. The summed E-state index contributed by atoms with van der Waals surface area (Å²) in [6, 6.07) is 15.4. The summed E-state index contributed by atoms with van der Waals surface area (Å²) in [5.74, 6) is 0. The van der Waals surface area contributed by atoms with E-state index in [0.717, 1.165) is 54.3 Å². The summed E-state index contributed by atoms with van der Waals surface area (Å²) in [7, 11) is -3.35. The SMILES string of the molecule is O=S(=O)(Nc1ccc2[nH]nc(-c3ccccc3)c2c1)C1CCCCC1. The number of sulfonamides is 1. The van der Waals surface area contributed by atoms with Crippen LogP contribution in [0.15, 0.2) is 48.5 Å². The van der Waals surface area contributed by atoms with Gasteiger partial charge in [0.1, 0.15) is 0 Å². The normalized spacial score (nSPS) is 16.2. The predicted octanol–water partition coefficient (Wildman–Crippen LogP) is 4.30. The van der Waals surface area contributed by atoms with Gasteiger partial charge in [-0.15, -0.1) is 0 Å². The minimum absolute atomic E-state index is 0.283. The minimum atomic E-state index is -3.35. The van der Waals surface area contributed by atoms with Gasteiger partial charge in [-0.05, 0) is 31.0 Å². The maximum atomic E-state index is 12.6. The highest BCUT2D eigenvalue weighted by molar-refractivity contribution is 7.93. The highest BCUT2D eigenvalue weighted by Gasteiger charge is 2.27. The summed E-state index contributed by atoms with van der Waals surface area (Å²) < 4.78 is 28.1. The Labute approximate surface area is 147 Å². The van der Waals surface area contributed by atoms with E-state index in [9.17, 15) is 8.42 Å². The molecule has 0 atom stereocenters. The van der Waals surface area contributed by atoms with E-state index in [-0.39, 0.29) is 5.25 Å². The summed E-state index contributed by atoms with van der Waals surface area (Å²) in [6.07, 6.45) is 4.61. The molecule has 0 spiro atoms. The van der Waals surface area contributed by atoms with Gasteiger partial charge in [-0.1, -0.05) is 49.6 Å². The Morgan fingerprint density at radius 1 is 1.00 bits per heavy atom. The van der Waals surface area contributed by atoms with E-state index in [1.54, 1.807) is 6.07 Å². The average Bonchev–Trinajstić information content (AvgIpc) is 3.06. The van der Waals surface area contributed by atoms with Crippen LogP contribution in [0.3, 0.4) is 0 Å². The number of rotatable bonds is 4. The molecule has 130 valence electrons. The van der Waals surface area contributed by atoms with Gasteiger partial charge in [0.05, 0.1) is 16.5 Å². The number of fused-ring (bicyclic) bond motifs is 1. The molecule has 1 aliphatic rings. The van der Waals surface area contributed by atoms with Gasteiger partial charge in [0, 0.05) is 16.6 Å². The lowest BCUT2D eigenvalue weighted by Gasteiger charge is -2.22. The molecule has 5 nitrogen and oxygen atoms in total. The first-order valence-electron chi connectivity index (χ1n) is 8.69. The molecule has 1 saturated carbocycles. The molecule has 0 saturated heterocycles. The largest absolute Gasteiger partial charge is 0.283 e. The molecule has 0 bridgehead atoms. The fraction of sp³-hybridized carbons (Fsp3) is 0.316. The first-order chi connectivity index (χ1) is 12.1. The highest BCUT2D eigenvalue weighted by Crippen LogP contribution is 2.30. The van der Waals surface area contributed by atoms with Crippen molar-refractivity contribution in [2.75, 3.05) is 4.72 Å². The molecular formula is C19H21N3O2S. The van der Waals surface area contributed by atoms with Gasteiger partial charge in [0.25, 0.3) is 0 Å². The van der Waals surface area contributed by atoms with Crippen LogP contribution in [0.25, 0.3) is 22.2 Å². The van der Waals surface area contributed by atoms with E-state index in [0.29, 0.717) is 5.69 Å². The van der Waals surface area contributed by atoms with Crippen molar-refractivity contribution in [3.63, 3.8) is 0 Å². The van der Waals surface area contributed by atoms with E-state index < -0.39 is 10.0 Å². The van der Waals surface area contributed by atoms with Crippen LogP contribution >= 0.6 is 0 Å². The van der Waals surface area contributed by atoms with Crippen molar-refractivity contribution in [3.8, 4) is 11.3 Å². The zero-order valence-corrected chi connectivity index (χ0v) is 14.7. The fourth-order valence-corrected chi connectivity index (χ4v) is 5.09. The van der Waals surface area contributed by atoms with Gasteiger partial charge in [-0.25, -0.2) is 8.42 Å². The highest BCUT2D eigenvalue weighted by atomic mass is 32.2. The van der Waals surface area contributed by atoms with E-state index in [4.69, 9.17) is 0 Å². The van der Waals surface area contributed by atoms with Gasteiger partial charge in [-0.2, -0.15) is 5.10 Å². The van der Waals surface area contributed by atoms with E-state index in [2.05, 4.69) is 14.9 Å². The molecule has 0 unspecified atom stereocenters. The number of benzene rings is 2. The molecule has 0 amide bonds. The molecule has 6 heteroatoms. The Balaban J connectivity index is 1.67. The van der Waals surface area contributed by atoms with Crippen LogP contribution in [-0.4, -0.2) is 23.9 Å². The van der Waals surface area contributed by atoms with Gasteiger partial charge < -0.3 is 0 Å². The summed E-state index contributed by atoms with van der Waals surface area (Å²) in [5.41, 5.74) is 3.31. The summed E-state index contributed by atoms with van der Waals surface area (Å²) in [6.45, 7) is 0. The lowest BCUT2D eigenvalue weighted by atomic mass is 10.0. The van der Waals surface area contributed by atoms with Crippen LogP contribution in [0, 0.1) is 0 Å². The quantitative estimate of drug-likeness (QED) is 0.732. The van der Waals surface area contributed by atoms with Gasteiger partial charge in [0.15, 0.2) is 0 Å². The second-order valence-corrected chi connectivity index (χ2v) is 8.57. The molecular weight excluding hydrogens is 334 g/mol.